The van der Waals surface area contributed by atoms with Crippen molar-refractivity contribution in [2.45, 2.75) is 19.3 Å². The molecule has 0 heterocycles. The minimum Gasteiger partial charge on any atom is -0.507 e. The van der Waals surface area contributed by atoms with Gasteiger partial charge in [-0.05, 0) is 6.07 Å². The second-order valence-corrected chi connectivity index (χ2v) is 6.01. The summed E-state index contributed by atoms with van der Waals surface area (Å²) in [6, 6.07) is 9.99. The molecule has 0 spiro atoms. The molecule has 1 aliphatic rings. The van der Waals surface area contributed by atoms with Crippen molar-refractivity contribution in [3.63, 3.8) is 0 Å². The maximum atomic E-state index is 12.7. The van der Waals surface area contributed by atoms with Crippen LogP contribution in [0.15, 0.2) is 49.1 Å². The molecule has 0 saturated heterocycles. The fourth-order valence-corrected chi connectivity index (χ4v) is 2.80. The number of phenols is 1. The molecule has 3 nitrogen and oxygen atoms in total. The summed E-state index contributed by atoms with van der Waals surface area (Å²) < 4.78 is 0. The lowest BCUT2D eigenvalue weighted by atomic mass is 9.77. The van der Waals surface area contributed by atoms with Gasteiger partial charge in [0, 0.05) is 27.7 Å². The minimum atomic E-state index is -0.501. The molecule has 2 aromatic rings. The second kappa shape index (κ2) is 4.67. The molecule has 0 radical (unpaired) electrons. The Bertz CT molecular complexity index is 829. The Kier molecular flexibility index (Phi) is 3.03. The zero-order valence-corrected chi connectivity index (χ0v) is 12.5. The largest absolute Gasteiger partial charge is 0.507 e. The first kappa shape index (κ1) is 14.3. The molecular formula is C19H16O3. The number of fused-ring (bicyclic) bond motifs is 2. The Balaban J connectivity index is 2.31. The molecule has 0 atom stereocenters. The number of allylic oxidation sites excluding steroid dienone is 1. The molecule has 1 N–H and O–H groups in total. The summed E-state index contributed by atoms with van der Waals surface area (Å²) in [6.45, 7) is 7.56. The van der Waals surface area contributed by atoms with Gasteiger partial charge in [0.25, 0.3) is 0 Å². The number of ketones is 2. The van der Waals surface area contributed by atoms with Gasteiger partial charge in [0.2, 0.25) is 0 Å². The first-order chi connectivity index (χ1) is 10.4. The number of hydrogen-bond acceptors (Lipinski definition) is 3. The van der Waals surface area contributed by atoms with E-state index in [-0.39, 0.29) is 28.4 Å². The van der Waals surface area contributed by atoms with Crippen LogP contribution in [0, 0.1) is 0 Å². The molecule has 3 rings (SSSR count). The van der Waals surface area contributed by atoms with Crippen molar-refractivity contribution in [3.8, 4) is 5.75 Å². The van der Waals surface area contributed by atoms with Crippen LogP contribution >= 0.6 is 0 Å². The zero-order valence-electron chi connectivity index (χ0n) is 12.5. The highest BCUT2D eigenvalue weighted by Crippen LogP contribution is 2.39. The van der Waals surface area contributed by atoms with Crippen LogP contribution in [0.4, 0.5) is 0 Å². The summed E-state index contributed by atoms with van der Waals surface area (Å²) in [5, 5.41) is 10.6. The highest BCUT2D eigenvalue weighted by Gasteiger charge is 2.34. The van der Waals surface area contributed by atoms with Crippen molar-refractivity contribution in [3.05, 3.63) is 76.9 Å². The van der Waals surface area contributed by atoms with Gasteiger partial charge in [-0.3, -0.25) is 9.59 Å². The lowest BCUT2D eigenvalue weighted by Gasteiger charge is -2.25. The molecular weight excluding hydrogens is 276 g/mol. The minimum absolute atomic E-state index is 0.0936. The van der Waals surface area contributed by atoms with Gasteiger partial charge in [-0.15, -0.1) is 6.58 Å². The molecule has 0 bridgehead atoms. The highest BCUT2D eigenvalue weighted by molar-refractivity contribution is 6.29. The van der Waals surface area contributed by atoms with E-state index in [0.29, 0.717) is 16.7 Å². The third-order valence-corrected chi connectivity index (χ3v) is 4.27. The fourth-order valence-electron chi connectivity index (χ4n) is 2.80. The van der Waals surface area contributed by atoms with Crippen molar-refractivity contribution in [1.82, 2.24) is 0 Å². The lowest BCUT2D eigenvalue weighted by molar-refractivity contribution is 0.0976. The summed E-state index contributed by atoms with van der Waals surface area (Å²) >= 11 is 0. The Morgan fingerprint density at radius 1 is 0.955 bits per heavy atom. The Hall–Kier alpha value is -2.68. The summed E-state index contributed by atoms with van der Waals surface area (Å²) in [7, 11) is 0. The van der Waals surface area contributed by atoms with Gasteiger partial charge in [-0.1, -0.05) is 50.3 Å². The molecule has 0 saturated carbocycles. The Morgan fingerprint density at radius 2 is 1.55 bits per heavy atom. The van der Waals surface area contributed by atoms with Crippen LogP contribution in [0.5, 0.6) is 5.75 Å². The molecule has 3 heteroatoms. The lowest BCUT2D eigenvalue weighted by Crippen LogP contribution is -2.23. The number of benzene rings is 2. The maximum Gasteiger partial charge on any atom is 0.198 e. The molecule has 0 fully saturated rings. The van der Waals surface area contributed by atoms with Crippen molar-refractivity contribution in [1.29, 1.82) is 0 Å². The van der Waals surface area contributed by atoms with E-state index in [1.165, 1.54) is 0 Å². The molecule has 0 unspecified atom stereocenters. The SMILES string of the molecule is C=CC(C)(C)c1ccc2c(c1O)C(=O)c1ccccc1C2=O. The van der Waals surface area contributed by atoms with Crippen molar-refractivity contribution < 1.29 is 14.7 Å². The van der Waals surface area contributed by atoms with Crippen molar-refractivity contribution >= 4 is 11.6 Å². The second-order valence-electron chi connectivity index (χ2n) is 6.01. The van der Waals surface area contributed by atoms with E-state index in [2.05, 4.69) is 6.58 Å². The summed E-state index contributed by atoms with van der Waals surface area (Å²) in [6.07, 6.45) is 1.71. The van der Waals surface area contributed by atoms with Gasteiger partial charge in [0.05, 0.1) is 5.56 Å². The van der Waals surface area contributed by atoms with Gasteiger partial charge in [0.1, 0.15) is 5.75 Å². The third kappa shape index (κ3) is 1.82. The predicted molar refractivity (Wildman–Crippen MR) is 84.6 cm³/mol. The van der Waals surface area contributed by atoms with Crippen LogP contribution in [0.2, 0.25) is 0 Å². The number of carbonyl (C=O) groups excluding carboxylic acids is 2. The van der Waals surface area contributed by atoms with E-state index < -0.39 is 5.41 Å². The fraction of sp³-hybridized carbons (Fsp3) is 0.158. The van der Waals surface area contributed by atoms with Gasteiger partial charge >= 0.3 is 0 Å². The van der Waals surface area contributed by atoms with Crippen molar-refractivity contribution in [2.75, 3.05) is 0 Å². The topological polar surface area (TPSA) is 54.4 Å². The van der Waals surface area contributed by atoms with Gasteiger partial charge in [-0.2, -0.15) is 0 Å². The van der Waals surface area contributed by atoms with Gasteiger partial charge in [-0.25, -0.2) is 0 Å². The van der Waals surface area contributed by atoms with Crippen LogP contribution in [-0.4, -0.2) is 16.7 Å². The van der Waals surface area contributed by atoms with E-state index in [9.17, 15) is 14.7 Å². The first-order valence-corrected chi connectivity index (χ1v) is 7.07. The quantitative estimate of drug-likeness (QED) is 0.734. The molecule has 110 valence electrons. The molecule has 22 heavy (non-hydrogen) atoms. The molecule has 0 amide bonds. The average Bonchev–Trinajstić information content (AvgIpc) is 2.52. The Labute approximate surface area is 128 Å². The normalized spacial score (nSPS) is 13.5. The number of rotatable bonds is 2. The summed E-state index contributed by atoms with van der Waals surface area (Å²) in [5.41, 5.74) is 1.15. The first-order valence-electron chi connectivity index (χ1n) is 7.07. The number of aromatic hydroxyl groups is 1. The van der Waals surface area contributed by atoms with Crippen LogP contribution in [-0.2, 0) is 5.41 Å². The monoisotopic (exact) mass is 292 g/mol. The standard InChI is InChI=1S/C19H16O3/c1-4-19(2,3)14-10-9-13-15(18(14)22)17(21)12-8-6-5-7-11(12)16(13)20/h4-10,22H,1H2,2-3H3. The Morgan fingerprint density at radius 3 is 2.14 bits per heavy atom. The van der Waals surface area contributed by atoms with Crippen LogP contribution in [0.25, 0.3) is 0 Å². The van der Waals surface area contributed by atoms with Gasteiger partial charge in [0.15, 0.2) is 11.6 Å². The average molecular weight is 292 g/mol. The molecule has 0 aliphatic heterocycles. The number of hydrogen-bond donors (Lipinski definition) is 1. The number of phenolic OH excluding ortho intramolecular Hbond substituents is 1. The third-order valence-electron chi connectivity index (χ3n) is 4.27. The van der Waals surface area contributed by atoms with Crippen LogP contribution in [0.1, 0.15) is 51.3 Å². The van der Waals surface area contributed by atoms with E-state index in [1.807, 2.05) is 13.8 Å². The predicted octanol–water partition coefficient (Wildman–Crippen LogP) is 3.63. The highest BCUT2D eigenvalue weighted by atomic mass is 16.3. The smallest absolute Gasteiger partial charge is 0.198 e. The van der Waals surface area contributed by atoms with Crippen LogP contribution in [0.3, 0.4) is 0 Å². The molecule has 2 aromatic carbocycles. The van der Waals surface area contributed by atoms with E-state index in [0.717, 1.165) is 0 Å². The van der Waals surface area contributed by atoms with Gasteiger partial charge < -0.3 is 5.11 Å². The van der Waals surface area contributed by atoms with E-state index >= 15 is 0 Å². The van der Waals surface area contributed by atoms with Crippen LogP contribution < -0.4 is 0 Å². The zero-order chi connectivity index (χ0) is 16.1. The summed E-state index contributed by atoms with van der Waals surface area (Å²) in [5.74, 6) is -0.678. The summed E-state index contributed by atoms with van der Waals surface area (Å²) in [4.78, 5) is 25.3. The number of carbonyl (C=O) groups is 2. The van der Waals surface area contributed by atoms with E-state index in [1.54, 1.807) is 42.5 Å². The maximum absolute atomic E-state index is 12.7. The van der Waals surface area contributed by atoms with Crippen molar-refractivity contribution in [2.24, 2.45) is 0 Å². The van der Waals surface area contributed by atoms with E-state index in [4.69, 9.17) is 0 Å². The molecule has 0 aromatic heterocycles. The molecule has 1 aliphatic carbocycles.